The van der Waals surface area contributed by atoms with Crippen LogP contribution in [0.2, 0.25) is 5.28 Å². The summed E-state index contributed by atoms with van der Waals surface area (Å²) < 4.78 is 0. The van der Waals surface area contributed by atoms with Crippen LogP contribution in [0, 0.1) is 0 Å². The maximum Gasteiger partial charge on any atom is 0.456 e. The zero-order valence-corrected chi connectivity index (χ0v) is 9.49. The molecule has 0 rings (SSSR count). The highest BCUT2D eigenvalue weighted by atomic mass is 79.9. The van der Waals surface area contributed by atoms with Gasteiger partial charge in [0.15, 0.2) is 0 Å². The van der Waals surface area contributed by atoms with Crippen LogP contribution in [0.1, 0.15) is 26.2 Å². The molecule has 0 aromatic heterocycles. The SMILES string of the molecule is CCCC[CH2][Al]([Br])[Br]. The second-order valence-corrected chi connectivity index (χ2v) is 13.6. The number of hydrogen-bond donors (Lipinski definition) is 0. The largest absolute Gasteiger partial charge is 0.456 e. The summed E-state index contributed by atoms with van der Waals surface area (Å²) in [5.41, 5.74) is 0. The van der Waals surface area contributed by atoms with Crippen molar-refractivity contribution in [3.05, 3.63) is 0 Å². The van der Waals surface area contributed by atoms with E-state index >= 15 is 0 Å². The Balaban J connectivity index is 2.72. The Labute approximate surface area is 69.7 Å². The Kier molecular flexibility index (Phi) is 7.84. The van der Waals surface area contributed by atoms with Gasteiger partial charge in [-0.25, -0.2) is 0 Å². The Morgan fingerprint density at radius 2 is 1.88 bits per heavy atom. The van der Waals surface area contributed by atoms with Crippen molar-refractivity contribution in [1.29, 1.82) is 0 Å². The Hall–Kier alpha value is 1.49. The fourth-order valence-electron chi connectivity index (χ4n) is 0.549. The molecule has 0 amide bonds. The minimum absolute atomic E-state index is 0.577. The highest BCUT2D eigenvalue weighted by Crippen LogP contribution is 2.12. The third-order valence-corrected chi connectivity index (χ3v) is 4.62. The van der Waals surface area contributed by atoms with Gasteiger partial charge in [0.2, 0.25) is 0 Å². The first-order chi connectivity index (χ1) is 3.77. The van der Waals surface area contributed by atoms with Gasteiger partial charge >= 0.3 is 10.5 Å². The first-order valence-corrected chi connectivity index (χ1v) is 10.2. The highest BCUT2D eigenvalue weighted by molar-refractivity contribution is 9.49. The molecule has 0 spiro atoms. The van der Waals surface area contributed by atoms with Crippen LogP contribution in [0.5, 0.6) is 0 Å². The monoisotopic (exact) mass is 256 g/mol. The molecule has 0 aliphatic carbocycles. The summed E-state index contributed by atoms with van der Waals surface area (Å²) in [7, 11) is -0.577. The molecule has 0 N–H and O–H groups in total. The van der Waals surface area contributed by atoms with E-state index in [1.165, 1.54) is 24.5 Å². The van der Waals surface area contributed by atoms with Crippen LogP contribution in [0.15, 0.2) is 0 Å². The second kappa shape index (κ2) is 6.61. The molecule has 8 heavy (non-hydrogen) atoms. The number of unbranched alkanes of at least 4 members (excludes halogenated alkanes) is 2. The molecule has 0 nitrogen and oxygen atoms in total. The minimum atomic E-state index is -0.577. The average molecular weight is 258 g/mol. The van der Waals surface area contributed by atoms with Crippen molar-refractivity contribution >= 4 is 38.6 Å². The predicted molar refractivity (Wildman–Crippen MR) is 47.9 cm³/mol. The van der Waals surface area contributed by atoms with Gasteiger partial charge in [0.05, 0.1) is 0 Å². The molecule has 0 saturated heterocycles. The van der Waals surface area contributed by atoms with Crippen molar-refractivity contribution in [2.24, 2.45) is 0 Å². The molecule has 0 aromatic rings. The Morgan fingerprint density at radius 3 is 2.25 bits per heavy atom. The first kappa shape index (κ1) is 9.49. The molecule has 0 atom stereocenters. The van der Waals surface area contributed by atoms with Crippen LogP contribution in [-0.4, -0.2) is 10.5 Å². The summed E-state index contributed by atoms with van der Waals surface area (Å²) >= 11 is 7.12. The second-order valence-electron chi connectivity index (χ2n) is 1.89. The van der Waals surface area contributed by atoms with E-state index < -0.39 is 10.5 Å². The molecule has 0 radical (unpaired) electrons. The van der Waals surface area contributed by atoms with Gasteiger partial charge in [-0.1, -0.05) is 31.5 Å². The zero-order valence-electron chi connectivity index (χ0n) is 5.16. The van der Waals surface area contributed by atoms with Gasteiger partial charge in [-0.05, 0) is 0 Å². The van der Waals surface area contributed by atoms with Gasteiger partial charge in [0.1, 0.15) is 0 Å². The minimum Gasteiger partial charge on any atom is -0.197 e. The molecule has 48 valence electrons. The van der Waals surface area contributed by atoms with Gasteiger partial charge in [0, 0.05) is 0 Å². The van der Waals surface area contributed by atoms with E-state index in [4.69, 9.17) is 0 Å². The third kappa shape index (κ3) is 7.49. The highest BCUT2D eigenvalue weighted by Gasteiger charge is 2.05. The maximum atomic E-state index is 3.56. The number of rotatable bonds is 4. The van der Waals surface area contributed by atoms with Crippen LogP contribution in [0.3, 0.4) is 0 Å². The number of halogens is 2. The Bertz CT molecular complexity index is 47.7. The molecular weight excluding hydrogens is 247 g/mol. The van der Waals surface area contributed by atoms with E-state index in [1.807, 2.05) is 0 Å². The van der Waals surface area contributed by atoms with E-state index in [0.717, 1.165) is 0 Å². The average Bonchev–Trinajstić information content (AvgIpc) is 1.66. The van der Waals surface area contributed by atoms with Crippen molar-refractivity contribution in [1.82, 2.24) is 0 Å². The number of hydrogen-bond acceptors (Lipinski definition) is 0. The molecule has 0 aliphatic heterocycles. The molecular formula is C5H11AlBr2. The van der Waals surface area contributed by atoms with Crippen molar-refractivity contribution in [2.75, 3.05) is 0 Å². The molecule has 0 aromatic carbocycles. The van der Waals surface area contributed by atoms with Crippen LogP contribution in [0.4, 0.5) is 0 Å². The smallest absolute Gasteiger partial charge is 0.197 e. The molecule has 0 heterocycles. The first-order valence-electron chi connectivity index (χ1n) is 3.05. The summed E-state index contributed by atoms with van der Waals surface area (Å²) in [6.07, 6.45) is 4.12. The summed E-state index contributed by atoms with van der Waals surface area (Å²) in [6.45, 7) is 2.24. The molecule has 3 heteroatoms. The third-order valence-electron chi connectivity index (χ3n) is 1.03. The van der Waals surface area contributed by atoms with E-state index in [9.17, 15) is 0 Å². The van der Waals surface area contributed by atoms with E-state index in [1.54, 1.807) is 0 Å². The maximum absolute atomic E-state index is 3.56. The van der Waals surface area contributed by atoms with Crippen LogP contribution >= 0.6 is 28.1 Å². The van der Waals surface area contributed by atoms with Gasteiger partial charge in [-0.3, -0.25) is 0 Å². The van der Waals surface area contributed by atoms with Crippen molar-refractivity contribution in [3.8, 4) is 0 Å². The van der Waals surface area contributed by atoms with Crippen LogP contribution < -0.4 is 0 Å². The summed E-state index contributed by atoms with van der Waals surface area (Å²) in [6, 6.07) is 0. The summed E-state index contributed by atoms with van der Waals surface area (Å²) in [5, 5.41) is 1.38. The van der Waals surface area contributed by atoms with Crippen molar-refractivity contribution < 1.29 is 0 Å². The van der Waals surface area contributed by atoms with Crippen LogP contribution in [-0.2, 0) is 0 Å². The van der Waals surface area contributed by atoms with Gasteiger partial charge in [0.25, 0.3) is 0 Å². The van der Waals surface area contributed by atoms with Gasteiger partial charge in [-0.15, -0.1) is 0 Å². The van der Waals surface area contributed by atoms with Crippen molar-refractivity contribution in [3.63, 3.8) is 0 Å². The van der Waals surface area contributed by atoms with E-state index in [0.29, 0.717) is 0 Å². The van der Waals surface area contributed by atoms with Gasteiger partial charge < -0.3 is 0 Å². The molecule has 0 saturated carbocycles. The molecule has 0 aliphatic rings. The van der Waals surface area contributed by atoms with Crippen molar-refractivity contribution in [2.45, 2.75) is 31.5 Å². The topological polar surface area (TPSA) is 0 Å². The normalized spacial score (nSPS) is 9.38. The Morgan fingerprint density at radius 1 is 1.25 bits per heavy atom. The molecule has 0 fully saturated rings. The van der Waals surface area contributed by atoms with Gasteiger partial charge in [-0.2, -0.15) is 28.1 Å². The van der Waals surface area contributed by atoms with E-state index in [-0.39, 0.29) is 0 Å². The summed E-state index contributed by atoms with van der Waals surface area (Å²) in [4.78, 5) is 0. The van der Waals surface area contributed by atoms with E-state index in [2.05, 4.69) is 35.0 Å². The lowest BCUT2D eigenvalue weighted by molar-refractivity contribution is 0.770. The fourth-order valence-corrected chi connectivity index (χ4v) is 3.09. The lowest BCUT2D eigenvalue weighted by Gasteiger charge is -1.92. The lowest BCUT2D eigenvalue weighted by Crippen LogP contribution is -1.88. The standard InChI is InChI=1S/C5H11.Al.2BrH/c1-3-5-4-2;;;/h1,3-5H2,2H3;;2*1H/q;+2;;/p-2. The lowest BCUT2D eigenvalue weighted by atomic mass is 10.3. The predicted octanol–water partition coefficient (Wildman–Crippen LogP) is 3.45. The summed E-state index contributed by atoms with van der Waals surface area (Å²) in [5.74, 6) is 0. The fraction of sp³-hybridized carbons (Fsp3) is 1.00. The quantitative estimate of drug-likeness (QED) is 0.535. The molecule has 0 unspecified atom stereocenters. The molecule has 0 bridgehead atoms. The van der Waals surface area contributed by atoms with Crippen LogP contribution in [0.25, 0.3) is 0 Å². The zero-order chi connectivity index (χ0) is 6.41.